The Kier molecular flexibility index (Phi) is 1.68. The van der Waals surface area contributed by atoms with Gasteiger partial charge in [-0.1, -0.05) is 0 Å². The molecule has 2 nitrogen and oxygen atoms in total. The predicted molar refractivity (Wildman–Crippen MR) is 46.4 cm³/mol. The highest BCUT2D eigenvalue weighted by Crippen LogP contribution is 2.32. The van der Waals surface area contributed by atoms with Crippen LogP contribution in [-0.2, 0) is 4.79 Å². The SMILES string of the molecule is CN1C(=O)CC2=C1CSCC2. The van der Waals surface area contributed by atoms with E-state index in [0.717, 1.165) is 12.2 Å². The summed E-state index contributed by atoms with van der Waals surface area (Å²) in [5, 5.41) is 0. The Morgan fingerprint density at radius 3 is 3.09 bits per heavy atom. The van der Waals surface area contributed by atoms with Gasteiger partial charge in [-0.2, -0.15) is 11.8 Å². The molecular formula is C8H11NOS. The molecule has 0 spiro atoms. The monoisotopic (exact) mass is 169 g/mol. The average molecular weight is 169 g/mol. The second-order valence-electron chi connectivity index (χ2n) is 2.98. The van der Waals surface area contributed by atoms with Gasteiger partial charge in [0.25, 0.3) is 0 Å². The van der Waals surface area contributed by atoms with Crippen LogP contribution >= 0.6 is 11.8 Å². The zero-order valence-electron chi connectivity index (χ0n) is 6.59. The Bertz CT molecular complexity index is 234. The lowest BCUT2D eigenvalue weighted by Crippen LogP contribution is -2.21. The molecule has 0 saturated carbocycles. The van der Waals surface area contributed by atoms with Crippen molar-refractivity contribution in [2.75, 3.05) is 18.6 Å². The third-order valence-electron chi connectivity index (χ3n) is 2.34. The van der Waals surface area contributed by atoms with E-state index in [0.29, 0.717) is 6.42 Å². The first kappa shape index (κ1) is 7.22. The predicted octanol–water partition coefficient (Wildman–Crippen LogP) is 1.24. The van der Waals surface area contributed by atoms with E-state index < -0.39 is 0 Å². The Hall–Kier alpha value is -0.440. The van der Waals surface area contributed by atoms with Crippen LogP contribution in [0.25, 0.3) is 0 Å². The van der Waals surface area contributed by atoms with Gasteiger partial charge >= 0.3 is 0 Å². The summed E-state index contributed by atoms with van der Waals surface area (Å²) in [7, 11) is 1.89. The van der Waals surface area contributed by atoms with E-state index in [1.165, 1.54) is 17.0 Å². The molecule has 0 N–H and O–H groups in total. The van der Waals surface area contributed by atoms with Gasteiger partial charge in [0.1, 0.15) is 0 Å². The molecule has 2 heterocycles. The largest absolute Gasteiger partial charge is 0.318 e. The van der Waals surface area contributed by atoms with Crippen molar-refractivity contribution in [2.24, 2.45) is 0 Å². The minimum absolute atomic E-state index is 0.275. The van der Waals surface area contributed by atoms with E-state index in [2.05, 4.69) is 0 Å². The summed E-state index contributed by atoms with van der Waals surface area (Å²) in [5.74, 6) is 2.51. The first-order valence-corrected chi connectivity index (χ1v) is 4.99. The summed E-state index contributed by atoms with van der Waals surface area (Å²) in [6, 6.07) is 0. The number of amides is 1. The maximum Gasteiger partial charge on any atom is 0.230 e. The van der Waals surface area contributed by atoms with Crippen LogP contribution in [0.3, 0.4) is 0 Å². The smallest absolute Gasteiger partial charge is 0.230 e. The standard InChI is InChI=1S/C8H11NOS/c1-9-7-5-11-3-2-6(7)4-8(9)10/h2-5H2,1H3. The summed E-state index contributed by atoms with van der Waals surface area (Å²) in [4.78, 5) is 13.0. The van der Waals surface area contributed by atoms with E-state index >= 15 is 0 Å². The van der Waals surface area contributed by atoms with Gasteiger partial charge in [-0.15, -0.1) is 0 Å². The van der Waals surface area contributed by atoms with Crippen molar-refractivity contribution in [3.05, 3.63) is 11.3 Å². The zero-order chi connectivity index (χ0) is 7.84. The molecule has 11 heavy (non-hydrogen) atoms. The van der Waals surface area contributed by atoms with Crippen molar-refractivity contribution in [1.29, 1.82) is 0 Å². The molecule has 2 rings (SSSR count). The van der Waals surface area contributed by atoms with Crippen molar-refractivity contribution in [1.82, 2.24) is 4.90 Å². The lowest BCUT2D eigenvalue weighted by Gasteiger charge is -2.17. The molecule has 1 amide bonds. The quantitative estimate of drug-likeness (QED) is 0.544. The van der Waals surface area contributed by atoms with E-state index in [1.807, 2.05) is 23.7 Å². The molecular weight excluding hydrogens is 158 g/mol. The number of hydrogen-bond acceptors (Lipinski definition) is 2. The highest BCUT2D eigenvalue weighted by Gasteiger charge is 2.28. The van der Waals surface area contributed by atoms with E-state index in [-0.39, 0.29) is 5.91 Å². The molecule has 3 heteroatoms. The third-order valence-corrected chi connectivity index (χ3v) is 3.31. The second kappa shape index (κ2) is 2.55. The average Bonchev–Trinajstić information content (AvgIpc) is 2.30. The minimum Gasteiger partial charge on any atom is -0.318 e. The van der Waals surface area contributed by atoms with Crippen molar-refractivity contribution in [3.8, 4) is 0 Å². The fraction of sp³-hybridized carbons (Fsp3) is 0.625. The Morgan fingerprint density at radius 1 is 1.55 bits per heavy atom. The molecule has 2 aliphatic rings. The van der Waals surface area contributed by atoms with Crippen molar-refractivity contribution in [2.45, 2.75) is 12.8 Å². The van der Waals surface area contributed by atoms with Gasteiger partial charge in [0, 0.05) is 18.5 Å². The van der Waals surface area contributed by atoms with Gasteiger partial charge in [-0.3, -0.25) is 4.79 Å². The molecule has 0 radical (unpaired) electrons. The van der Waals surface area contributed by atoms with Crippen molar-refractivity contribution >= 4 is 17.7 Å². The van der Waals surface area contributed by atoms with E-state index in [4.69, 9.17) is 0 Å². The highest BCUT2D eigenvalue weighted by atomic mass is 32.2. The number of carbonyl (C=O) groups is 1. The van der Waals surface area contributed by atoms with Crippen LogP contribution in [0.1, 0.15) is 12.8 Å². The summed E-state index contributed by atoms with van der Waals surface area (Å²) >= 11 is 1.93. The second-order valence-corrected chi connectivity index (χ2v) is 4.09. The lowest BCUT2D eigenvalue weighted by molar-refractivity contribution is -0.126. The molecule has 0 bridgehead atoms. The summed E-state index contributed by atoms with van der Waals surface area (Å²) < 4.78 is 0. The van der Waals surface area contributed by atoms with Crippen LogP contribution in [0.15, 0.2) is 11.3 Å². The Labute approximate surface area is 70.6 Å². The summed E-state index contributed by atoms with van der Waals surface area (Å²) in [5.41, 5.74) is 2.67. The summed E-state index contributed by atoms with van der Waals surface area (Å²) in [6.45, 7) is 0. The lowest BCUT2D eigenvalue weighted by atomic mass is 10.1. The number of hydrogen-bond donors (Lipinski definition) is 0. The molecule has 60 valence electrons. The van der Waals surface area contributed by atoms with Crippen molar-refractivity contribution in [3.63, 3.8) is 0 Å². The highest BCUT2D eigenvalue weighted by molar-refractivity contribution is 7.99. The van der Waals surface area contributed by atoms with Crippen LogP contribution < -0.4 is 0 Å². The van der Waals surface area contributed by atoms with Gasteiger partial charge in [0.05, 0.1) is 6.42 Å². The molecule has 0 aromatic carbocycles. The normalized spacial score (nSPS) is 24.5. The molecule has 0 aromatic rings. The van der Waals surface area contributed by atoms with Crippen LogP contribution in [0, 0.1) is 0 Å². The van der Waals surface area contributed by atoms with E-state index in [9.17, 15) is 4.79 Å². The molecule has 2 aliphatic heterocycles. The molecule has 0 fully saturated rings. The van der Waals surface area contributed by atoms with Crippen LogP contribution in [-0.4, -0.2) is 29.4 Å². The molecule has 0 aliphatic carbocycles. The minimum atomic E-state index is 0.275. The topological polar surface area (TPSA) is 20.3 Å². The van der Waals surface area contributed by atoms with Crippen LogP contribution in [0.5, 0.6) is 0 Å². The molecule has 0 saturated heterocycles. The first-order chi connectivity index (χ1) is 5.29. The zero-order valence-corrected chi connectivity index (χ0v) is 7.41. The number of thioether (sulfide) groups is 1. The van der Waals surface area contributed by atoms with Gasteiger partial charge in [-0.05, 0) is 17.7 Å². The maximum absolute atomic E-state index is 11.2. The fourth-order valence-electron chi connectivity index (χ4n) is 1.59. The van der Waals surface area contributed by atoms with E-state index in [1.54, 1.807) is 0 Å². The maximum atomic E-state index is 11.2. The van der Waals surface area contributed by atoms with Crippen LogP contribution in [0.4, 0.5) is 0 Å². The van der Waals surface area contributed by atoms with Gasteiger partial charge in [0.2, 0.25) is 5.91 Å². The van der Waals surface area contributed by atoms with Gasteiger partial charge in [-0.25, -0.2) is 0 Å². The summed E-state index contributed by atoms with van der Waals surface area (Å²) in [6.07, 6.45) is 1.81. The Morgan fingerprint density at radius 2 is 2.36 bits per heavy atom. The van der Waals surface area contributed by atoms with Crippen molar-refractivity contribution < 1.29 is 4.79 Å². The number of rotatable bonds is 0. The van der Waals surface area contributed by atoms with Crippen LogP contribution in [0.2, 0.25) is 0 Å². The first-order valence-electron chi connectivity index (χ1n) is 3.84. The fourth-order valence-corrected chi connectivity index (χ4v) is 2.71. The molecule has 0 aromatic heterocycles. The number of carbonyl (C=O) groups excluding carboxylic acids is 1. The van der Waals surface area contributed by atoms with Gasteiger partial charge < -0.3 is 4.90 Å². The molecule has 0 atom stereocenters. The molecule has 0 unspecified atom stereocenters. The van der Waals surface area contributed by atoms with Gasteiger partial charge in [0.15, 0.2) is 0 Å². The Balaban J connectivity index is 2.27. The number of nitrogens with zero attached hydrogens (tertiary/aromatic N) is 1. The third kappa shape index (κ3) is 1.07.